The monoisotopic (exact) mass is 314 g/mol. The van der Waals surface area contributed by atoms with Crippen molar-refractivity contribution in [2.24, 2.45) is 0 Å². The average Bonchev–Trinajstić information content (AvgIpc) is 2.42. The molecule has 1 aromatic heterocycles. The normalized spacial score (nSPS) is 10.4. The fourth-order valence-electron chi connectivity index (χ4n) is 1.86. The highest BCUT2D eigenvalue weighted by Crippen LogP contribution is 2.14. The first-order valence-electron chi connectivity index (χ1n) is 6.64. The van der Waals surface area contributed by atoms with Gasteiger partial charge >= 0.3 is 5.97 Å². The number of carbonyl (C=O) groups is 2. The maximum absolute atomic E-state index is 12.4. The molecule has 1 rings (SSSR count). The molecule has 1 N–H and O–H groups in total. The second-order valence-corrected chi connectivity index (χ2v) is 4.92. The summed E-state index contributed by atoms with van der Waals surface area (Å²) in [4.78, 5) is 28.6. The molecule has 0 aliphatic heterocycles. The molecule has 1 amide bonds. The zero-order chi connectivity index (χ0) is 15.8. The standard InChI is InChI=1S/C14H19ClN2O4/c1-3-4-11-7-10(8-12(15)16-11)14(20)17(5-6-21-2)9-13(18)19/h7-8H,3-6,9H2,1-2H3,(H,18,19). The molecular formula is C14H19ClN2O4. The number of carboxylic acids is 1. The minimum atomic E-state index is -1.08. The average molecular weight is 315 g/mol. The van der Waals surface area contributed by atoms with Gasteiger partial charge in [-0.25, -0.2) is 4.98 Å². The van der Waals surface area contributed by atoms with Gasteiger partial charge in [-0.2, -0.15) is 0 Å². The second kappa shape index (κ2) is 8.59. The van der Waals surface area contributed by atoms with Crippen molar-refractivity contribution in [1.82, 2.24) is 9.88 Å². The lowest BCUT2D eigenvalue weighted by Gasteiger charge is -2.20. The Morgan fingerprint density at radius 2 is 2.14 bits per heavy atom. The topological polar surface area (TPSA) is 79.7 Å². The van der Waals surface area contributed by atoms with E-state index in [-0.39, 0.29) is 24.8 Å². The van der Waals surface area contributed by atoms with Crippen LogP contribution in [-0.2, 0) is 16.0 Å². The molecule has 0 fully saturated rings. The molecule has 0 unspecified atom stereocenters. The minimum Gasteiger partial charge on any atom is -0.480 e. The van der Waals surface area contributed by atoms with E-state index in [1.165, 1.54) is 18.1 Å². The Morgan fingerprint density at radius 3 is 2.71 bits per heavy atom. The second-order valence-electron chi connectivity index (χ2n) is 4.53. The van der Waals surface area contributed by atoms with Gasteiger partial charge in [0.05, 0.1) is 6.61 Å². The molecule has 0 aliphatic carbocycles. The van der Waals surface area contributed by atoms with Crippen LogP contribution in [0.15, 0.2) is 12.1 Å². The smallest absolute Gasteiger partial charge is 0.323 e. The van der Waals surface area contributed by atoms with Gasteiger partial charge in [-0.05, 0) is 18.6 Å². The molecule has 0 aliphatic rings. The van der Waals surface area contributed by atoms with Crippen molar-refractivity contribution in [3.05, 3.63) is 28.5 Å². The summed E-state index contributed by atoms with van der Waals surface area (Å²) in [6.07, 6.45) is 1.58. The molecule has 0 aromatic carbocycles. The summed E-state index contributed by atoms with van der Waals surface area (Å²) in [5, 5.41) is 9.13. The number of nitrogens with zero attached hydrogens (tertiary/aromatic N) is 2. The van der Waals surface area contributed by atoms with E-state index in [2.05, 4.69) is 4.98 Å². The number of rotatable bonds is 8. The number of ether oxygens (including phenoxy) is 1. The van der Waals surface area contributed by atoms with E-state index in [0.29, 0.717) is 12.0 Å². The van der Waals surface area contributed by atoms with Crippen LogP contribution in [0.25, 0.3) is 0 Å². The number of aryl methyl sites for hydroxylation is 1. The van der Waals surface area contributed by atoms with Crippen LogP contribution in [0.2, 0.25) is 5.15 Å². The Balaban J connectivity index is 2.98. The first-order chi connectivity index (χ1) is 9.97. The molecule has 1 aromatic rings. The van der Waals surface area contributed by atoms with Crippen molar-refractivity contribution in [2.45, 2.75) is 19.8 Å². The number of aliphatic carboxylic acids is 1. The number of aromatic nitrogens is 1. The van der Waals surface area contributed by atoms with Crippen LogP contribution in [0.5, 0.6) is 0 Å². The highest BCUT2D eigenvalue weighted by molar-refractivity contribution is 6.29. The lowest BCUT2D eigenvalue weighted by atomic mass is 10.1. The van der Waals surface area contributed by atoms with Gasteiger partial charge in [0.1, 0.15) is 11.7 Å². The van der Waals surface area contributed by atoms with Gasteiger partial charge < -0.3 is 14.7 Å². The zero-order valence-corrected chi connectivity index (χ0v) is 12.9. The number of hydrogen-bond donors (Lipinski definition) is 1. The van der Waals surface area contributed by atoms with Crippen LogP contribution in [0.1, 0.15) is 29.4 Å². The summed E-state index contributed by atoms with van der Waals surface area (Å²) >= 11 is 5.92. The van der Waals surface area contributed by atoms with Gasteiger partial charge in [0.15, 0.2) is 0 Å². The number of carbonyl (C=O) groups excluding carboxylic acids is 1. The molecule has 6 nitrogen and oxygen atoms in total. The minimum absolute atomic E-state index is 0.199. The first-order valence-corrected chi connectivity index (χ1v) is 7.02. The Kier molecular flexibility index (Phi) is 7.11. The summed E-state index contributed by atoms with van der Waals surface area (Å²) < 4.78 is 4.90. The number of pyridine rings is 1. The highest BCUT2D eigenvalue weighted by Gasteiger charge is 2.19. The van der Waals surface area contributed by atoms with Gasteiger partial charge in [0.2, 0.25) is 0 Å². The van der Waals surface area contributed by atoms with E-state index in [0.717, 1.165) is 12.1 Å². The molecule has 0 saturated heterocycles. The molecule has 0 bridgehead atoms. The van der Waals surface area contributed by atoms with Crippen molar-refractivity contribution >= 4 is 23.5 Å². The molecule has 0 radical (unpaired) electrons. The molecule has 7 heteroatoms. The Hall–Kier alpha value is -1.66. The van der Waals surface area contributed by atoms with Crippen molar-refractivity contribution in [1.29, 1.82) is 0 Å². The Bertz CT molecular complexity index is 508. The molecule has 1 heterocycles. The number of halogens is 1. The summed E-state index contributed by atoms with van der Waals surface area (Å²) in [7, 11) is 1.49. The third kappa shape index (κ3) is 5.69. The van der Waals surface area contributed by atoms with Crippen LogP contribution in [0, 0.1) is 0 Å². The molecule has 0 spiro atoms. The third-order valence-electron chi connectivity index (χ3n) is 2.78. The Labute approximate surface area is 128 Å². The lowest BCUT2D eigenvalue weighted by molar-refractivity contribution is -0.137. The van der Waals surface area contributed by atoms with Gasteiger partial charge in [-0.1, -0.05) is 24.9 Å². The van der Waals surface area contributed by atoms with Crippen LogP contribution >= 0.6 is 11.6 Å². The van der Waals surface area contributed by atoms with Crippen LogP contribution in [-0.4, -0.2) is 53.7 Å². The van der Waals surface area contributed by atoms with Crippen LogP contribution < -0.4 is 0 Å². The summed E-state index contributed by atoms with van der Waals surface area (Å²) in [5.41, 5.74) is 1.06. The van der Waals surface area contributed by atoms with E-state index >= 15 is 0 Å². The predicted octanol–water partition coefficient (Wildman–Crippen LogP) is 1.86. The van der Waals surface area contributed by atoms with Crippen molar-refractivity contribution in [3.8, 4) is 0 Å². The number of methoxy groups -OCH3 is 1. The third-order valence-corrected chi connectivity index (χ3v) is 2.97. The SMILES string of the molecule is CCCc1cc(C(=O)N(CCOC)CC(=O)O)cc(Cl)n1. The van der Waals surface area contributed by atoms with E-state index < -0.39 is 11.9 Å². The van der Waals surface area contributed by atoms with Gasteiger partial charge in [-0.15, -0.1) is 0 Å². The number of amides is 1. The predicted molar refractivity (Wildman–Crippen MR) is 78.7 cm³/mol. The van der Waals surface area contributed by atoms with Gasteiger partial charge in [0, 0.05) is 24.9 Å². The van der Waals surface area contributed by atoms with Crippen molar-refractivity contribution in [3.63, 3.8) is 0 Å². The van der Waals surface area contributed by atoms with Gasteiger partial charge in [0.25, 0.3) is 5.91 Å². The van der Waals surface area contributed by atoms with Crippen molar-refractivity contribution < 1.29 is 19.4 Å². The Morgan fingerprint density at radius 1 is 1.43 bits per heavy atom. The fraction of sp³-hybridized carbons (Fsp3) is 0.500. The maximum atomic E-state index is 12.4. The lowest BCUT2D eigenvalue weighted by Crippen LogP contribution is -2.38. The molecule has 0 saturated carbocycles. The summed E-state index contributed by atoms with van der Waals surface area (Å²) in [6.45, 7) is 2.08. The number of hydrogen-bond acceptors (Lipinski definition) is 4. The number of carboxylic acid groups (broad SMARTS) is 1. The van der Waals surface area contributed by atoms with E-state index in [9.17, 15) is 9.59 Å². The quantitative estimate of drug-likeness (QED) is 0.741. The largest absolute Gasteiger partial charge is 0.480 e. The highest BCUT2D eigenvalue weighted by atomic mass is 35.5. The molecule has 116 valence electrons. The van der Waals surface area contributed by atoms with Crippen LogP contribution in [0.4, 0.5) is 0 Å². The molecule has 21 heavy (non-hydrogen) atoms. The first kappa shape index (κ1) is 17.4. The van der Waals surface area contributed by atoms with Crippen LogP contribution in [0.3, 0.4) is 0 Å². The maximum Gasteiger partial charge on any atom is 0.323 e. The van der Waals surface area contributed by atoms with Gasteiger partial charge in [-0.3, -0.25) is 9.59 Å². The summed E-state index contributed by atoms with van der Waals surface area (Å²) in [6, 6.07) is 3.10. The molecular weight excluding hydrogens is 296 g/mol. The fourth-order valence-corrected chi connectivity index (χ4v) is 2.08. The van der Waals surface area contributed by atoms with E-state index in [1.54, 1.807) is 6.07 Å². The van der Waals surface area contributed by atoms with E-state index in [4.69, 9.17) is 21.4 Å². The molecule has 0 atom stereocenters. The van der Waals surface area contributed by atoms with E-state index in [1.807, 2.05) is 6.92 Å². The zero-order valence-electron chi connectivity index (χ0n) is 12.1. The van der Waals surface area contributed by atoms with Crippen molar-refractivity contribution in [2.75, 3.05) is 26.8 Å². The summed E-state index contributed by atoms with van der Waals surface area (Å²) in [5.74, 6) is -1.47.